The first-order chi connectivity index (χ1) is 9.86. The second-order valence-electron chi connectivity index (χ2n) is 4.19. The van der Waals surface area contributed by atoms with Gasteiger partial charge in [-0.2, -0.15) is 0 Å². The average molecular weight is 316 g/mol. The number of hydrogen-bond acceptors (Lipinski definition) is 8. The van der Waals surface area contributed by atoms with Gasteiger partial charge in [-0.3, -0.25) is 14.9 Å². The van der Waals surface area contributed by atoms with Crippen LogP contribution in [0.3, 0.4) is 0 Å². The molecule has 9 heteroatoms. The Bertz CT molecular complexity index is 524. The molecule has 0 aliphatic carbocycles. The van der Waals surface area contributed by atoms with Gasteiger partial charge in [-0.1, -0.05) is 11.8 Å². The zero-order valence-electron chi connectivity index (χ0n) is 11.6. The highest BCUT2D eigenvalue weighted by Crippen LogP contribution is 2.30. The van der Waals surface area contributed by atoms with Crippen LogP contribution in [-0.2, 0) is 4.79 Å². The molecule has 1 heterocycles. The minimum absolute atomic E-state index is 0.00590. The molecule has 1 aromatic rings. The Balaban J connectivity index is 2.88. The van der Waals surface area contributed by atoms with Crippen molar-refractivity contribution in [1.82, 2.24) is 4.98 Å². The van der Waals surface area contributed by atoms with Gasteiger partial charge >= 0.3 is 0 Å². The third-order valence-electron chi connectivity index (χ3n) is 2.67. The number of pyridine rings is 1. The summed E-state index contributed by atoms with van der Waals surface area (Å²) in [5.41, 5.74) is -0.276. The molecule has 0 saturated heterocycles. The topological polar surface area (TPSA) is 123 Å². The second kappa shape index (κ2) is 7.91. The number of carbonyl (C=O) groups excluding carboxylic acids is 1. The molecule has 2 unspecified atom stereocenters. The van der Waals surface area contributed by atoms with Crippen LogP contribution in [0.5, 0.6) is 5.88 Å². The lowest BCUT2D eigenvalue weighted by Gasteiger charge is -2.19. The van der Waals surface area contributed by atoms with Gasteiger partial charge in [0, 0.05) is 18.7 Å². The fraction of sp³-hybridized carbons (Fsp3) is 0.500. The van der Waals surface area contributed by atoms with Crippen molar-refractivity contribution in [2.45, 2.75) is 25.6 Å². The first-order valence-corrected chi connectivity index (χ1v) is 7.03. The van der Waals surface area contributed by atoms with Gasteiger partial charge in [-0.15, -0.1) is 0 Å². The van der Waals surface area contributed by atoms with Crippen LogP contribution in [0, 0.1) is 10.1 Å². The lowest BCUT2D eigenvalue weighted by molar-refractivity contribution is -0.385. The fourth-order valence-electron chi connectivity index (χ4n) is 1.63. The van der Waals surface area contributed by atoms with Gasteiger partial charge in [0.25, 0.3) is 5.69 Å². The van der Waals surface area contributed by atoms with Crippen molar-refractivity contribution in [3.05, 3.63) is 27.9 Å². The summed E-state index contributed by atoms with van der Waals surface area (Å²) in [6, 6.07) is 1.11. The number of nitrogens with zero attached hydrogens (tertiary/aromatic N) is 2. The monoisotopic (exact) mass is 316 g/mol. The maximum Gasteiger partial charge on any atom is 0.288 e. The van der Waals surface area contributed by atoms with Crippen molar-refractivity contribution in [1.29, 1.82) is 0 Å². The molecular weight excluding hydrogens is 300 g/mol. The largest absolute Gasteiger partial charge is 0.481 e. The lowest BCUT2D eigenvalue weighted by Crippen LogP contribution is -2.20. The number of rotatable bonds is 7. The fourth-order valence-corrected chi connectivity index (χ4v) is 2.28. The number of aliphatic hydroxyl groups is 2. The number of hydrogen-bond donors (Lipinski definition) is 2. The van der Waals surface area contributed by atoms with Crippen molar-refractivity contribution in [2.75, 3.05) is 12.9 Å². The Hall–Kier alpha value is -1.71. The Kier molecular flexibility index (Phi) is 6.53. The molecule has 116 valence electrons. The SMILES string of the molecule is COc1ncc([N+](=O)[O-])cc1C(O)C(O)CCSC(C)=O. The van der Waals surface area contributed by atoms with Gasteiger partial charge in [0.05, 0.1) is 23.7 Å². The van der Waals surface area contributed by atoms with E-state index in [-0.39, 0.29) is 28.7 Å². The standard InChI is InChI=1S/C12H16N2O6S/c1-7(15)21-4-3-10(16)11(17)9-5-8(14(18)19)6-13-12(9)20-2/h5-6,10-11,16-17H,3-4H2,1-2H3. The minimum atomic E-state index is -1.39. The maximum atomic E-state index is 10.8. The number of aliphatic hydroxyl groups excluding tert-OH is 2. The normalized spacial score (nSPS) is 13.5. The van der Waals surface area contributed by atoms with E-state index in [0.717, 1.165) is 24.0 Å². The van der Waals surface area contributed by atoms with E-state index in [1.807, 2.05) is 0 Å². The first-order valence-electron chi connectivity index (χ1n) is 6.04. The number of thioether (sulfide) groups is 1. The third kappa shape index (κ3) is 4.96. The molecule has 8 nitrogen and oxygen atoms in total. The van der Waals surface area contributed by atoms with Crippen molar-refractivity contribution >= 4 is 22.6 Å². The molecule has 0 aromatic carbocycles. The van der Waals surface area contributed by atoms with E-state index in [0.29, 0.717) is 5.75 Å². The highest BCUT2D eigenvalue weighted by atomic mass is 32.2. The van der Waals surface area contributed by atoms with E-state index in [4.69, 9.17) is 4.74 Å². The number of carbonyl (C=O) groups is 1. The van der Waals surface area contributed by atoms with Gasteiger partial charge in [-0.25, -0.2) is 4.98 Å². The molecule has 0 fully saturated rings. The van der Waals surface area contributed by atoms with Crippen molar-refractivity contribution in [2.24, 2.45) is 0 Å². The summed E-state index contributed by atoms with van der Waals surface area (Å²) in [6.45, 7) is 1.40. The van der Waals surface area contributed by atoms with Crippen LogP contribution in [0.25, 0.3) is 0 Å². The van der Waals surface area contributed by atoms with Gasteiger partial charge in [0.15, 0.2) is 5.12 Å². The van der Waals surface area contributed by atoms with Crippen molar-refractivity contribution in [3.63, 3.8) is 0 Å². The highest BCUT2D eigenvalue weighted by molar-refractivity contribution is 8.13. The molecule has 0 radical (unpaired) electrons. The summed E-state index contributed by atoms with van der Waals surface area (Å²) in [5, 5.41) is 30.6. The summed E-state index contributed by atoms with van der Waals surface area (Å²) >= 11 is 1.03. The van der Waals surface area contributed by atoms with E-state index < -0.39 is 17.1 Å². The number of nitro groups is 1. The van der Waals surface area contributed by atoms with E-state index in [1.165, 1.54) is 14.0 Å². The van der Waals surface area contributed by atoms with Crippen molar-refractivity contribution < 1.29 is 24.7 Å². The van der Waals surface area contributed by atoms with Crippen LogP contribution < -0.4 is 4.74 Å². The van der Waals surface area contributed by atoms with Crippen LogP contribution in [0.1, 0.15) is 25.0 Å². The second-order valence-corrected chi connectivity index (χ2v) is 5.46. The van der Waals surface area contributed by atoms with Crippen molar-refractivity contribution in [3.8, 4) is 5.88 Å². The Morgan fingerprint density at radius 3 is 2.76 bits per heavy atom. The predicted molar refractivity (Wildman–Crippen MR) is 76.2 cm³/mol. The Morgan fingerprint density at radius 1 is 1.57 bits per heavy atom. The third-order valence-corrected chi connectivity index (χ3v) is 3.52. The molecular formula is C12H16N2O6S. The van der Waals surface area contributed by atoms with Gasteiger partial charge in [0.2, 0.25) is 5.88 Å². The number of ether oxygens (including phenoxy) is 1. The summed E-state index contributed by atoms with van der Waals surface area (Å²) in [5.74, 6) is 0.337. The molecule has 0 bridgehead atoms. The molecule has 0 saturated carbocycles. The number of methoxy groups -OCH3 is 1. The molecule has 21 heavy (non-hydrogen) atoms. The first kappa shape index (κ1) is 17.3. The van der Waals surface area contributed by atoms with Crippen LogP contribution in [-0.4, -0.2) is 44.2 Å². The zero-order valence-corrected chi connectivity index (χ0v) is 12.4. The van der Waals surface area contributed by atoms with Gasteiger partial charge < -0.3 is 14.9 Å². The maximum absolute atomic E-state index is 10.8. The molecule has 0 spiro atoms. The molecule has 1 rings (SSSR count). The molecule has 0 aliphatic heterocycles. The molecule has 1 aromatic heterocycles. The molecule has 2 atom stereocenters. The molecule has 0 aliphatic rings. The quantitative estimate of drug-likeness (QED) is 0.565. The summed E-state index contributed by atoms with van der Waals surface area (Å²) < 4.78 is 4.93. The average Bonchev–Trinajstić information content (AvgIpc) is 2.45. The van der Waals surface area contributed by atoms with E-state index in [1.54, 1.807) is 0 Å². The van der Waals surface area contributed by atoms with Gasteiger partial charge in [0.1, 0.15) is 12.3 Å². The van der Waals surface area contributed by atoms with Gasteiger partial charge in [-0.05, 0) is 6.42 Å². The Labute approximate surface area is 125 Å². The summed E-state index contributed by atoms with van der Waals surface area (Å²) in [4.78, 5) is 24.6. The van der Waals surface area contributed by atoms with E-state index in [2.05, 4.69) is 4.98 Å². The predicted octanol–water partition coefficient (Wildman–Crippen LogP) is 1.06. The minimum Gasteiger partial charge on any atom is -0.481 e. The van der Waals surface area contributed by atoms with Crippen LogP contribution in [0.4, 0.5) is 5.69 Å². The van der Waals surface area contributed by atoms with Crippen LogP contribution >= 0.6 is 11.8 Å². The molecule has 2 N–H and O–H groups in total. The summed E-state index contributed by atoms with van der Waals surface area (Å²) in [6.07, 6.45) is -1.42. The Morgan fingerprint density at radius 2 is 2.24 bits per heavy atom. The smallest absolute Gasteiger partial charge is 0.288 e. The lowest BCUT2D eigenvalue weighted by atomic mass is 10.0. The van der Waals surface area contributed by atoms with Crippen LogP contribution in [0.15, 0.2) is 12.3 Å². The highest BCUT2D eigenvalue weighted by Gasteiger charge is 2.25. The van der Waals surface area contributed by atoms with E-state index >= 15 is 0 Å². The zero-order chi connectivity index (χ0) is 16.0. The number of aromatic nitrogens is 1. The van der Waals surface area contributed by atoms with Crippen LogP contribution in [0.2, 0.25) is 0 Å². The molecule has 0 amide bonds. The van der Waals surface area contributed by atoms with E-state index in [9.17, 15) is 25.1 Å². The summed E-state index contributed by atoms with van der Waals surface area (Å²) in [7, 11) is 1.31.